The van der Waals surface area contributed by atoms with Gasteiger partial charge in [0.25, 0.3) is 51.6 Å². The summed E-state index contributed by atoms with van der Waals surface area (Å²) in [6, 6.07) is 54.5. The number of aromatic nitrogens is 8. The molecule has 13 aromatic rings. The number of hydrogen-bond acceptors (Lipinski definition) is 19. The van der Waals surface area contributed by atoms with Gasteiger partial charge in [0.2, 0.25) is 0 Å². The van der Waals surface area contributed by atoms with Gasteiger partial charge in [-0.3, -0.25) is 68.9 Å². The Balaban J connectivity index is 0.000000178. The number of nitro benzene ring substituents is 1. The topological polar surface area (TPSA) is 461 Å². The molecule has 13 N–H and O–H groups in total. The molecule has 0 unspecified atom stereocenters. The summed E-state index contributed by atoms with van der Waals surface area (Å²) in [4.78, 5) is 112. The maximum absolute atomic E-state index is 13.1. The fourth-order valence-corrected chi connectivity index (χ4v) is 13.7. The van der Waals surface area contributed by atoms with E-state index in [1.807, 2.05) is 121 Å². The first-order valence-electron chi connectivity index (χ1n) is 40.6. The average Bonchev–Trinajstić information content (AvgIpc) is 1.75. The second-order valence-corrected chi connectivity index (χ2v) is 34.6. The van der Waals surface area contributed by atoms with Crippen LogP contribution < -0.4 is 43.9 Å². The van der Waals surface area contributed by atoms with Gasteiger partial charge >= 0.3 is 0 Å². The minimum atomic E-state index is -0.733. The zero-order valence-corrected chi connectivity index (χ0v) is 74.8. The Morgan fingerprint density at radius 3 is 0.953 bits per heavy atom. The van der Waals surface area contributed by atoms with Crippen LogP contribution in [-0.4, -0.2) is 116 Å². The smallest absolute Gasteiger partial charge is 0.282 e. The van der Waals surface area contributed by atoms with Crippen molar-refractivity contribution in [3.63, 3.8) is 0 Å². The van der Waals surface area contributed by atoms with Crippen LogP contribution in [0, 0.1) is 37.8 Å². The normalized spacial score (nSPS) is 12.1. The van der Waals surface area contributed by atoms with Crippen LogP contribution in [0.4, 0.5) is 5.69 Å². The van der Waals surface area contributed by atoms with Crippen LogP contribution in [0.2, 0.25) is 0 Å². The quantitative estimate of drug-likeness (QED) is 0.0174. The number of phenols is 5. The standard InChI is InChI=1S/C27H28N4O3.C23H25N5O4.2C23H26N4O4/c1-16(28-29-25(33)22-14-18-8-6-7-9-19(18)15-23(22)32)24-17(2)30-31(26(24)34)21-12-10-20(11-13-21)27(3,4)5;1-14(24-25-21(29)18-8-6-7-9-19(18)28(31)32)20-15(2)26-27(22(20)30)17-12-10-16(11-13-17)23(3,4)5;1-13(24-25-21(30)15-6-11-18(28)19(29)12-15)20-14(2)26-27(22(20)31)17-9-7-16(8-10-17)23(3,4)5;1-13(24-25-21(30)18-11-10-17(28)12-19(18)29)20-14(2)26-27(22(20)31)16-8-6-15(7-9-16)23(3,4)5/h6-15,30,32H,1-5H3,(H,29,33);6-13,26H,1-5H3,(H,25,29);2*6-12,26,28-29H,1-5H3,(H,25,30). The Bertz CT molecular complexity index is 6780. The predicted octanol–water partition coefficient (Wildman–Crippen LogP) is 15.3. The third kappa shape index (κ3) is 22.1. The second-order valence-electron chi connectivity index (χ2n) is 34.6. The third-order valence-electron chi connectivity index (χ3n) is 20.9. The van der Waals surface area contributed by atoms with Gasteiger partial charge in [0.15, 0.2) is 11.5 Å². The van der Waals surface area contributed by atoms with Crippen molar-refractivity contribution >= 4 is 62.9 Å². The highest BCUT2D eigenvalue weighted by molar-refractivity contribution is 6.06. The number of hydrazone groups is 4. The number of nitrogens with one attached hydrogen (secondary N) is 8. The number of carbonyl (C=O) groups excluding carboxylic acids is 4. The largest absolute Gasteiger partial charge is 0.508 e. The molecule has 32 nitrogen and oxygen atoms in total. The number of nitrogens with zero attached hydrogens (tertiary/aromatic N) is 9. The molecule has 0 bridgehead atoms. The van der Waals surface area contributed by atoms with Crippen molar-refractivity contribution < 1.29 is 49.6 Å². The number of carbonyl (C=O) groups is 4. The average molecular weight is 1740 g/mol. The van der Waals surface area contributed by atoms with E-state index >= 15 is 0 Å². The molecule has 0 aliphatic rings. The summed E-state index contributed by atoms with van der Waals surface area (Å²) < 4.78 is 5.76. The first kappa shape index (κ1) is 94.5. The lowest BCUT2D eigenvalue weighted by Crippen LogP contribution is -2.24. The number of nitro groups is 1. The number of aromatic hydroxyl groups is 5. The van der Waals surface area contributed by atoms with Crippen LogP contribution in [0.15, 0.2) is 234 Å². The lowest BCUT2D eigenvalue weighted by molar-refractivity contribution is -0.385. The molecule has 32 heteroatoms. The van der Waals surface area contributed by atoms with Crippen molar-refractivity contribution in [1.29, 1.82) is 0 Å². The molecule has 4 amide bonds. The highest BCUT2D eigenvalue weighted by Crippen LogP contribution is 2.31. The Labute approximate surface area is 736 Å². The number of benzene rings is 9. The van der Waals surface area contributed by atoms with Crippen LogP contribution in [-0.2, 0) is 21.7 Å². The van der Waals surface area contributed by atoms with E-state index in [1.165, 1.54) is 72.8 Å². The number of para-hydroxylation sites is 1. The molecular weight excluding hydrogens is 1630 g/mol. The van der Waals surface area contributed by atoms with E-state index in [9.17, 15) is 74.0 Å². The summed E-state index contributed by atoms with van der Waals surface area (Å²) in [6.45, 7) is 39.0. The van der Waals surface area contributed by atoms with Crippen molar-refractivity contribution in [2.45, 2.75) is 160 Å². The minimum Gasteiger partial charge on any atom is -0.508 e. The van der Waals surface area contributed by atoms with Crippen LogP contribution in [0.25, 0.3) is 33.5 Å². The van der Waals surface area contributed by atoms with Crippen LogP contribution in [0.1, 0.15) is 219 Å². The van der Waals surface area contributed by atoms with E-state index in [2.05, 4.69) is 146 Å². The molecular formula is C96H105N17O15. The molecule has 664 valence electrons. The Hall–Kier alpha value is -15.8. The summed E-state index contributed by atoms with van der Waals surface area (Å²) in [6.07, 6.45) is 0. The number of aryl methyl sites for hydroxylation is 4. The maximum atomic E-state index is 13.1. The van der Waals surface area contributed by atoms with Crippen LogP contribution in [0.3, 0.4) is 0 Å². The second kappa shape index (κ2) is 38.6. The minimum absolute atomic E-state index is 0.00438. The Kier molecular flexibility index (Phi) is 28.5. The lowest BCUT2D eigenvalue weighted by Gasteiger charge is -2.19. The number of amides is 4. The number of aromatic amines is 4. The van der Waals surface area contributed by atoms with Gasteiger partial charge in [0, 0.05) is 40.5 Å². The predicted molar refractivity (Wildman–Crippen MR) is 496 cm³/mol. The molecule has 9 aromatic carbocycles. The van der Waals surface area contributed by atoms with E-state index in [1.54, 1.807) is 67.5 Å². The van der Waals surface area contributed by atoms with Crippen LogP contribution in [0.5, 0.6) is 28.7 Å². The fourth-order valence-electron chi connectivity index (χ4n) is 13.7. The molecule has 0 aliphatic carbocycles. The van der Waals surface area contributed by atoms with Crippen molar-refractivity contribution in [3.05, 3.63) is 335 Å². The van der Waals surface area contributed by atoms with E-state index in [4.69, 9.17) is 0 Å². The maximum Gasteiger partial charge on any atom is 0.282 e. The fraction of sp³-hybridized carbons (Fsp3) is 0.250. The first-order valence-corrected chi connectivity index (χ1v) is 40.6. The lowest BCUT2D eigenvalue weighted by atomic mass is 9.87. The van der Waals surface area contributed by atoms with Gasteiger partial charge in [-0.25, -0.2) is 40.4 Å². The first-order chi connectivity index (χ1) is 60.0. The molecule has 0 fully saturated rings. The summed E-state index contributed by atoms with van der Waals surface area (Å²) in [5.74, 6) is -3.94. The Morgan fingerprint density at radius 1 is 0.336 bits per heavy atom. The van der Waals surface area contributed by atoms with Crippen molar-refractivity contribution in [2.24, 2.45) is 20.4 Å². The Morgan fingerprint density at radius 2 is 0.633 bits per heavy atom. The summed E-state index contributed by atoms with van der Waals surface area (Å²) in [5.41, 5.74) is 20.6. The van der Waals surface area contributed by atoms with Gasteiger partial charge in [-0.1, -0.05) is 168 Å². The summed E-state index contributed by atoms with van der Waals surface area (Å²) >= 11 is 0. The molecule has 0 saturated carbocycles. The number of hydrogen-bond donors (Lipinski definition) is 13. The van der Waals surface area contributed by atoms with Crippen LogP contribution >= 0.6 is 0 Å². The molecule has 0 radical (unpaired) electrons. The van der Waals surface area contributed by atoms with E-state index in [0.717, 1.165) is 39.6 Å². The van der Waals surface area contributed by atoms with Gasteiger partial charge in [-0.15, -0.1) is 0 Å². The molecule has 0 aliphatic heterocycles. The SMILES string of the molecule is CC(=NNC(=O)c1cc2ccccc2cc1O)c1c(C)[nH]n(-c2ccc(C(C)(C)C)cc2)c1=O.CC(=NNC(=O)c1ccc(O)c(O)c1)c1c(C)[nH]n(-c2ccc(C(C)(C)C)cc2)c1=O.CC(=NNC(=O)c1ccc(O)cc1O)c1c(C)[nH]n(-c2ccc(C(C)(C)C)cc2)c1=O.CC(=NNC(=O)c1ccccc1[N+](=O)[O-])c1c(C)[nH]n(-c2ccc(C(C)(C)C)cc2)c1=O. The third-order valence-corrected chi connectivity index (χ3v) is 20.9. The van der Waals surface area contributed by atoms with Crippen molar-refractivity contribution in [2.75, 3.05) is 0 Å². The highest BCUT2D eigenvalue weighted by Gasteiger charge is 2.26. The molecule has 0 atom stereocenters. The van der Waals surface area contributed by atoms with Gasteiger partial charge in [-0.2, -0.15) is 20.4 Å². The summed E-state index contributed by atoms with van der Waals surface area (Å²) in [5, 5.41) is 89.5. The van der Waals surface area contributed by atoms with E-state index < -0.39 is 34.3 Å². The zero-order valence-electron chi connectivity index (χ0n) is 74.8. The van der Waals surface area contributed by atoms with Crippen molar-refractivity contribution in [1.82, 2.24) is 60.8 Å². The van der Waals surface area contributed by atoms with Gasteiger partial charge in [-0.05, 0) is 207 Å². The van der Waals surface area contributed by atoms with E-state index in [-0.39, 0.29) is 101 Å². The number of rotatable bonds is 17. The van der Waals surface area contributed by atoms with Gasteiger partial charge in [0.05, 0.1) is 83.9 Å². The molecule has 13 rings (SSSR count). The van der Waals surface area contributed by atoms with Gasteiger partial charge in [0.1, 0.15) is 22.8 Å². The molecule has 4 aromatic heterocycles. The molecule has 0 saturated heterocycles. The monoisotopic (exact) mass is 1740 g/mol. The number of phenolic OH excluding ortho intramolecular Hbond substituents is 5. The highest BCUT2D eigenvalue weighted by atomic mass is 16.6. The van der Waals surface area contributed by atoms with Gasteiger partial charge < -0.3 is 25.5 Å². The molecule has 128 heavy (non-hydrogen) atoms. The van der Waals surface area contributed by atoms with E-state index in [0.29, 0.717) is 84.9 Å². The summed E-state index contributed by atoms with van der Waals surface area (Å²) in [7, 11) is 0. The molecule has 0 spiro atoms. The number of fused-ring (bicyclic) bond motifs is 1. The van der Waals surface area contributed by atoms with Crippen molar-refractivity contribution in [3.8, 4) is 51.5 Å². The number of H-pyrrole nitrogens is 4. The zero-order chi connectivity index (χ0) is 94.1. The molecule has 4 heterocycles.